The van der Waals surface area contributed by atoms with Gasteiger partial charge in [-0.05, 0) is 18.6 Å². The molecule has 17 heavy (non-hydrogen) atoms. The van der Waals surface area contributed by atoms with Crippen LogP contribution < -0.4 is 15.8 Å². The second-order valence-corrected chi connectivity index (χ2v) is 3.78. The average molecular weight is 242 g/mol. The zero-order valence-electron chi connectivity index (χ0n) is 9.95. The molecule has 0 unspecified atom stereocenters. The molecule has 0 fully saturated rings. The normalized spacial score (nSPS) is 12.4. The van der Waals surface area contributed by atoms with Crippen molar-refractivity contribution in [2.45, 2.75) is 19.4 Å². The first kappa shape index (κ1) is 13.7. The highest BCUT2D eigenvalue weighted by Crippen LogP contribution is 2.19. The molecule has 0 radical (unpaired) electrons. The van der Waals surface area contributed by atoms with Gasteiger partial charge in [0.2, 0.25) is 0 Å². The van der Waals surface area contributed by atoms with Crippen molar-refractivity contribution in [1.82, 2.24) is 5.32 Å². The van der Waals surface area contributed by atoms with E-state index in [1.54, 1.807) is 6.07 Å². The summed E-state index contributed by atoms with van der Waals surface area (Å²) in [6.45, 7) is 2.94. The van der Waals surface area contributed by atoms with E-state index in [0.29, 0.717) is 18.8 Å². The number of hydrogen-bond donors (Lipinski definition) is 3. The fraction of sp³-hybridized carbons (Fsp3) is 0.500. The minimum absolute atomic E-state index is 0.0761. The van der Waals surface area contributed by atoms with E-state index in [9.17, 15) is 4.39 Å². The number of hydrogen-bond acceptors (Lipinski definition) is 4. The first-order valence-corrected chi connectivity index (χ1v) is 5.69. The highest BCUT2D eigenvalue weighted by atomic mass is 19.1. The average Bonchev–Trinajstić information content (AvgIpc) is 2.31. The van der Waals surface area contributed by atoms with E-state index in [1.165, 1.54) is 12.1 Å². The topological polar surface area (TPSA) is 67.5 Å². The Labute approximate surface area is 101 Å². The largest absolute Gasteiger partial charge is 0.489 e. The summed E-state index contributed by atoms with van der Waals surface area (Å²) in [4.78, 5) is 0. The summed E-state index contributed by atoms with van der Waals surface area (Å²) >= 11 is 0. The van der Waals surface area contributed by atoms with Gasteiger partial charge in [0.1, 0.15) is 6.61 Å². The first-order chi connectivity index (χ1) is 8.17. The Morgan fingerprint density at radius 1 is 1.53 bits per heavy atom. The number of ether oxygens (including phenoxy) is 1. The molecule has 0 saturated heterocycles. The third kappa shape index (κ3) is 4.58. The van der Waals surface area contributed by atoms with Crippen LogP contribution in [0.2, 0.25) is 0 Å². The van der Waals surface area contributed by atoms with Crippen LogP contribution in [0.4, 0.5) is 10.1 Å². The van der Waals surface area contributed by atoms with Crippen LogP contribution in [0.25, 0.3) is 0 Å². The fourth-order valence-electron chi connectivity index (χ4n) is 1.41. The molecule has 0 spiro atoms. The lowest BCUT2D eigenvalue weighted by Gasteiger charge is -2.17. The van der Waals surface area contributed by atoms with Gasteiger partial charge in [0, 0.05) is 24.3 Å². The predicted molar refractivity (Wildman–Crippen MR) is 65.5 cm³/mol. The Hall–Kier alpha value is -1.33. The zero-order chi connectivity index (χ0) is 12.7. The van der Waals surface area contributed by atoms with Gasteiger partial charge in [-0.1, -0.05) is 6.92 Å². The molecule has 0 amide bonds. The summed E-state index contributed by atoms with van der Waals surface area (Å²) < 4.78 is 18.8. The van der Waals surface area contributed by atoms with E-state index in [2.05, 4.69) is 5.32 Å². The van der Waals surface area contributed by atoms with E-state index < -0.39 is 5.82 Å². The Morgan fingerprint density at radius 3 is 2.88 bits per heavy atom. The van der Waals surface area contributed by atoms with Gasteiger partial charge in [0.05, 0.1) is 6.61 Å². The van der Waals surface area contributed by atoms with Crippen molar-refractivity contribution >= 4 is 5.69 Å². The molecule has 0 saturated carbocycles. The summed E-state index contributed by atoms with van der Waals surface area (Å²) in [5, 5.41) is 11.8. The van der Waals surface area contributed by atoms with E-state index in [4.69, 9.17) is 15.6 Å². The molecule has 96 valence electrons. The molecule has 4 nitrogen and oxygen atoms in total. The van der Waals surface area contributed by atoms with Crippen molar-refractivity contribution in [3.63, 3.8) is 0 Å². The SMILES string of the molecule is CC[C@@H](COc1ccc(N)cc1F)NCCO. The molecule has 1 aromatic rings. The maximum absolute atomic E-state index is 13.4. The lowest BCUT2D eigenvalue weighted by molar-refractivity contribution is 0.232. The zero-order valence-corrected chi connectivity index (χ0v) is 9.95. The number of aliphatic hydroxyl groups excluding tert-OH is 1. The maximum atomic E-state index is 13.4. The number of rotatable bonds is 7. The van der Waals surface area contributed by atoms with Gasteiger partial charge < -0.3 is 20.9 Å². The molecule has 0 aliphatic heterocycles. The van der Waals surface area contributed by atoms with Gasteiger partial charge in [-0.15, -0.1) is 0 Å². The lowest BCUT2D eigenvalue weighted by atomic mass is 10.2. The first-order valence-electron chi connectivity index (χ1n) is 5.69. The summed E-state index contributed by atoms with van der Waals surface area (Å²) in [5.41, 5.74) is 5.81. The van der Waals surface area contributed by atoms with Crippen LogP contribution in [-0.4, -0.2) is 30.9 Å². The van der Waals surface area contributed by atoms with Crippen molar-refractivity contribution in [2.24, 2.45) is 0 Å². The monoisotopic (exact) mass is 242 g/mol. The predicted octanol–water partition coefficient (Wildman–Crippen LogP) is 1.15. The number of nitrogens with one attached hydrogen (secondary N) is 1. The van der Waals surface area contributed by atoms with Gasteiger partial charge in [-0.2, -0.15) is 0 Å². The second-order valence-electron chi connectivity index (χ2n) is 3.78. The molecule has 0 heterocycles. The summed E-state index contributed by atoms with van der Waals surface area (Å²) in [6.07, 6.45) is 0.844. The van der Waals surface area contributed by atoms with Crippen molar-refractivity contribution in [1.29, 1.82) is 0 Å². The number of aliphatic hydroxyl groups is 1. The minimum Gasteiger partial charge on any atom is -0.489 e. The van der Waals surface area contributed by atoms with E-state index >= 15 is 0 Å². The number of halogens is 1. The van der Waals surface area contributed by atoms with Gasteiger partial charge in [0.15, 0.2) is 11.6 Å². The Morgan fingerprint density at radius 2 is 2.29 bits per heavy atom. The molecular weight excluding hydrogens is 223 g/mol. The molecule has 0 aromatic heterocycles. The molecule has 1 aromatic carbocycles. The van der Waals surface area contributed by atoms with E-state index in [1.807, 2.05) is 6.92 Å². The third-order valence-corrected chi connectivity index (χ3v) is 2.43. The molecular formula is C12H19FN2O2. The van der Waals surface area contributed by atoms with E-state index in [-0.39, 0.29) is 18.4 Å². The molecule has 1 atom stereocenters. The fourth-order valence-corrected chi connectivity index (χ4v) is 1.41. The maximum Gasteiger partial charge on any atom is 0.167 e. The highest BCUT2D eigenvalue weighted by molar-refractivity contribution is 5.42. The molecule has 0 aliphatic rings. The number of anilines is 1. The van der Waals surface area contributed by atoms with Crippen molar-refractivity contribution in [2.75, 3.05) is 25.5 Å². The van der Waals surface area contributed by atoms with Gasteiger partial charge in [0.25, 0.3) is 0 Å². The molecule has 0 bridgehead atoms. The van der Waals surface area contributed by atoms with Crippen LogP contribution in [0.1, 0.15) is 13.3 Å². The summed E-state index contributed by atoms with van der Waals surface area (Å²) in [6, 6.07) is 4.44. The smallest absolute Gasteiger partial charge is 0.167 e. The molecule has 1 rings (SSSR count). The van der Waals surface area contributed by atoms with Crippen LogP contribution in [-0.2, 0) is 0 Å². The van der Waals surface area contributed by atoms with Crippen molar-refractivity contribution < 1.29 is 14.2 Å². The van der Waals surface area contributed by atoms with Gasteiger partial charge in [-0.25, -0.2) is 4.39 Å². The number of nitrogen functional groups attached to an aromatic ring is 1. The highest BCUT2D eigenvalue weighted by Gasteiger charge is 2.08. The van der Waals surface area contributed by atoms with Crippen LogP contribution in [0, 0.1) is 5.82 Å². The van der Waals surface area contributed by atoms with Crippen molar-refractivity contribution in [3.05, 3.63) is 24.0 Å². The summed E-state index contributed by atoms with van der Waals surface area (Å²) in [5.74, 6) is -0.259. The van der Waals surface area contributed by atoms with Gasteiger partial charge >= 0.3 is 0 Å². The Balaban J connectivity index is 2.47. The lowest BCUT2D eigenvalue weighted by Crippen LogP contribution is -2.35. The Bertz CT molecular complexity index is 347. The molecule has 4 N–H and O–H groups in total. The van der Waals surface area contributed by atoms with Crippen LogP contribution >= 0.6 is 0 Å². The van der Waals surface area contributed by atoms with Crippen molar-refractivity contribution in [3.8, 4) is 5.75 Å². The minimum atomic E-state index is -0.456. The number of nitrogens with two attached hydrogens (primary N) is 1. The second kappa shape index (κ2) is 7.09. The van der Waals surface area contributed by atoms with Crippen LogP contribution in [0.5, 0.6) is 5.75 Å². The van der Waals surface area contributed by atoms with E-state index in [0.717, 1.165) is 6.42 Å². The Kier molecular flexibility index (Phi) is 5.72. The quantitative estimate of drug-likeness (QED) is 0.627. The van der Waals surface area contributed by atoms with Crippen LogP contribution in [0.15, 0.2) is 18.2 Å². The van der Waals surface area contributed by atoms with Gasteiger partial charge in [-0.3, -0.25) is 0 Å². The van der Waals surface area contributed by atoms with Crippen LogP contribution in [0.3, 0.4) is 0 Å². The third-order valence-electron chi connectivity index (χ3n) is 2.43. The molecule has 5 heteroatoms. The molecule has 0 aliphatic carbocycles. The standard InChI is InChI=1S/C12H19FN2O2/c1-2-10(15-5-6-16)8-17-12-4-3-9(14)7-11(12)13/h3-4,7,10,15-16H,2,5-6,8,14H2,1H3/t10-/m0/s1. The number of benzene rings is 1. The summed E-state index contributed by atoms with van der Waals surface area (Å²) in [7, 11) is 0.